The lowest BCUT2D eigenvalue weighted by Gasteiger charge is -2.11. The molecule has 3 aromatic rings. The minimum atomic E-state index is -0.288. The van der Waals surface area contributed by atoms with Crippen LogP contribution in [0.15, 0.2) is 40.3 Å². The molecule has 1 atom stereocenters. The van der Waals surface area contributed by atoms with Crippen LogP contribution in [0.4, 0.5) is 5.69 Å². The summed E-state index contributed by atoms with van der Waals surface area (Å²) in [6, 6.07) is 9.77. The number of amides is 1. The standard InChI is InChI=1S/C20H24N6O3S/c1-13-18(14(2)26(24-13)15-7-4-3-5-8-15)21-17(27)12-30-20-23-22-19(28)25(20)11-16-9-6-10-29-16/h3-5,7-8,16H,6,9-12H2,1-2H3,(H,21,27)(H,22,28)/t16-/m1/s1. The molecule has 0 radical (unpaired) electrons. The molecule has 1 saturated heterocycles. The van der Waals surface area contributed by atoms with E-state index in [1.54, 1.807) is 0 Å². The van der Waals surface area contributed by atoms with Crippen LogP contribution in [0.3, 0.4) is 0 Å². The van der Waals surface area contributed by atoms with Gasteiger partial charge >= 0.3 is 5.69 Å². The van der Waals surface area contributed by atoms with Gasteiger partial charge in [-0.2, -0.15) is 5.10 Å². The van der Waals surface area contributed by atoms with Gasteiger partial charge in [-0.3, -0.25) is 9.36 Å². The van der Waals surface area contributed by atoms with Gasteiger partial charge in [-0.05, 0) is 38.8 Å². The summed E-state index contributed by atoms with van der Waals surface area (Å²) in [7, 11) is 0. The van der Waals surface area contributed by atoms with E-state index in [0.29, 0.717) is 17.4 Å². The topological polar surface area (TPSA) is 107 Å². The molecule has 1 aliphatic heterocycles. The lowest BCUT2D eigenvalue weighted by molar-refractivity contribution is -0.113. The molecule has 2 N–H and O–H groups in total. The van der Waals surface area contributed by atoms with Crippen LogP contribution in [0, 0.1) is 13.8 Å². The molecule has 0 spiro atoms. The number of nitrogens with one attached hydrogen (secondary N) is 2. The van der Waals surface area contributed by atoms with Gasteiger partial charge < -0.3 is 10.1 Å². The molecule has 4 rings (SSSR count). The number of ether oxygens (including phenoxy) is 1. The number of para-hydroxylation sites is 1. The van der Waals surface area contributed by atoms with E-state index in [1.165, 1.54) is 16.3 Å². The summed E-state index contributed by atoms with van der Waals surface area (Å²) in [5.41, 5.74) is 2.94. The van der Waals surface area contributed by atoms with E-state index in [9.17, 15) is 9.59 Å². The van der Waals surface area contributed by atoms with E-state index < -0.39 is 0 Å². The minimum absolute atomic E-state index is 0.0163. The molecule has 3 heterocycles. The Morgan fingerprint density at radius 2 is 2.13 bits per heavy atom. The highest BCUT2D eigenvalue weighted by Gasteiger charge is 2.21. The van der Waals surface area contributed by atoms with Crippen molar-refractivity contribution in [2.45, 2.75) is 44.5 Å². The molecule has 1 amide bonds. The second-order valence-electron chi connectivity index (χ2n) is 7.19. The van der Waals surface area contributed by atoms with Crippen LogP contribution in [0.25, 0.3) is 5.69 Å². The van der Waals surface area contributed by atoms with E-state index in [4.69, 9.17) is 4.74 Å². The quantitative estimate of drug-likeness (QED) is 0.559. The largest absolute Gasteiger partial charge is 0.376 e. The van der Waals surface area contributed by atoms with Crippen LogP contribution in [0.5, 0.6) is 0 Å². The Balaban J connectivity index is 1.42. The first kappa shape index (κ1) is 20.4. The van der Waals surface area contributed by atoms with Crippen LogP contribution in [0.2, 0.25) is 0 Å². The molecular formula is C20H24N6O3S. The SMILES string of the molecule is Cc1nn(-c2ccccc2)c(C)c1NC(=O)CSc1n[nH]c(=O)n1C[C@H]1CCCO1. The molecule has 158 valence electrons. The van der Waals surface area contributed by atoms with E-state index in [1.807, 2.05) is 48.9 Å². The highest BCUT2D eigenvalue weighted by atomic mass is 32.2. The molecule has 1 fully saturated rings. The number of H-pyrrole nitrogens is 1. The Hall–Kier alpha value is -2.85. The van der Waals surface area contributed by atoms with E-state index in [2.05, 4.69) is 20.6 Å². The number of hydrogen-bond donors (Lipinski definition) is 2. The van der Waals surface area contributed by atoms with Gasteiger partial charge in [-0.15, -0.1) is 5.10 Å². The summed E-state index contributed by atoms with van der Waals surface area (Å²) in [4.78, 5) is 24.6. The minimum Gasteiger partial charge on any atom is -0.376 e. The van der Waals surface area contributed by atoms with E-state index >= 15 is 0 Å². The number of carbonyl (C=O) groups is 1. The predicted molar refractivity (Wildman–Crippen MR) is 114 cm³/mol. The van der Waals surface area contributed by atoms with E-state index in [0.717, 1.165) is 36.5 Å². The average Bonchev–Trinajstić information content (AvgIpc) is 3.45. The number of hydrogen-bond acceptors (Lipinski definition) is 6. The lowest BCUT2D eigenvalue weighted by Crippen LogP contribution is -2.25. The number of benzene rings is 1. The average molecular weight is 429 g/mol. The van der Waals surface area contributed by atoms with Crippen LogP contribution >= 0.6 is 11.8 Å². The van der Waals surface area contributed by atoms with Crippen molar-refractivity contribution in [3.05, 3.63) is 52.2 Å². The summed E-state index contributed by atoms with van der Waals surface area (Å²) >= 11 is 1.22. The highest BCUT2D eigenvalue weighted by Crippen LogP contribution is 2.24. The molecule has 0 aliphatic carbocycles. The third-order valence-electron chi connectivity index (χ3n) is 5.02. The number of anilines is 1. The van der Waals surface area contributed by atoms with Crippen molar-refractivity contribution in [1.82, 2.24) is 24.5 Å². The number of aromatic nitrogens is 5. The van der Waals surface area contributed by atoms with E-state index in [-0.39, 0.29) is 23.5 Å². The van der Waals surface area contributed by atoms with Crippen LogP contribution in [-0.2, 0) is 16.1 Å². The summed E-state index contributed by atoms with van der Waals surface area (Å²) < 4.78 is 8.96. The summed E-state index contributed by atoms with van der Waals surface area (Å²) in [5.74, 6) is -0.0523. The van der Waals surface area contributed by atoms with Crippen molar-refractivity contribution < 1.29 is 9.53 Å². The Morgan fingerprint density at radius 3 is 2.87 bits per heavy atom. The van der Waals surface area contributed by atoms with Crippen molar-refractivity contribution in [1.29, 1.82) is 0 Å². The van der Waals surface area contributed by atoms with Crippen molar-refractivity contribution in [3.63, 3.8) is 0 Å². The van der Waals surface area contributed by atoms with Crippen molar-refractivity contribution >= 4 is 23.4 Å². The Labute approximate surface area is 177 Å². The monoisotopic (exact) mass is 428 g/mol. The van der Waals surface area contributed by atoms with Crippen LogP contribution in [-0.4, -0.2) is 48.9 Å². The van der Waals surface area contributed by atoms with Crippen LogP contribution < -0.4 is 11.0 Å². The number of nitrogens with zero attached hydrogens (tertiary/aromatic N) is 4. The summed E-state index contributed by atoms with van der Waals surface area (Å²) in [6.07, 6.45) is 1.94. The zero-order valence-electron chi connectivity index (χ0n) is 16.9. The van der Waals surface area contributed by atoms with Gasteiger partial charge in [0.25, 0.3) is 0 Å². The number of rotatable bonds is 7. The van der Waals surface area contributed by atoms with Crippen molar-refractivity contribution in [3.8, 4) is 5.69 Å². The molecule has 10 heteroatoms. The Morgan fingerprint density at radius 1 is 1.33 bits per heavy atom. The second kappa shape index (κ2) is 8.88. The first-order valence-electron chi connectivity index (χ1n) is 9.84. The van der Waals surface area contributed by atoms with Gasteiger partial charge in [-0.1, -0.05) is 30.0 Å². The van der Waals surface area contributed by atoms with Gasteiger partial charge in [0.1, 0.15) is 0 Å². The van der Waals surface area contributed by atoms with Gasteiger partial charge in [0.05, 0.1) is 41.2 Å². The maximum atomic E-state index is 12.6. The van der Waals surface area contributed by atoms with Gasteiger partial charge in [0.15, 0.2) is 5.16 Å². The lowest BCUT2D eigenvalue weighted by atomic mass is 10.2. The van der Waals surface area contributed by atoms with Crippen molar-refractivity contribution in [2.24, 2.45) is 0 Å². The first-order chi connectivity index (χ1) is 14.5. The Bertz CT molecular complexity index is 1080. The molecule has 1 aromatic carbocycles. The molecule has 30 heavy (non-hydrogen) atoms. The highest BCUT2D eigenvalue weighted by molar-refractivity contribution is 7.99. The fourth-order valence-electron chi connectivity index (χ4n) is 3.52. The maximum absolute atomic E-state index is 12.6. The second-order valence-corrected chi connectivity index (χ2v) is 8.13. The third-order valence-corrected chi connectivity index (χ3v) is 6.00. The normalized spacial score (nSPS) is 16.1. The zero-order valence-corrected chi connectivity index (χ0v) is 17.7. The first-order valence-corrected chi connectivity index (χ1v) is 10.8. The molecule has 0 saturated carbocycles. The number of carbonyl (C=O) groups excluding carboxylic acids is 1. The summed E-state index contributed by atoms with van der Waals surface area (Å²) in [6.45, 7) is 4.95. The molecule has 0 unspecified atom stereocenters. The Kier molecular flexibility index (Phi) is 6.05. The van der Waals surface area contributed by atoms with Crippen molar-refractivity contribution in [2.75, 3.05) is 17.7 Å². The molecular weight excluding hydrogens is 404 g/mol. The number of aryl methyl sites for hydroxylation is 1. The molecule has 1 aliphatic rings. The predicted octanol–water partition coefficient (Wildman–Crippen LogP) is 2.28. The van der Waals surface area contributed by atoms with Gasteiger partial charge in [0.2, 0.25) is 5.91 Å². The maximum Gasteiger partial charge on any atom is 0.344 e. The fourth-order valence-corrected chi connectivity index (χ4v) is 4.27. The number of thioether (sulfide) groups is 1. The number of aromatic amines is 1. The fraction of sp³-hybridized carbons (Fsp3) is 0.400. The van der Waals surface area contributed by atoms with Crippen LogP contribution in [0.1, 0.15) is 24.2 Å². The summed E-state index contributed by atoms with van der Waals surface area (Å²) in [5, 5.41) is 14.5. The molecule has 0 bridgehead atoms. The third kappa shape index (κ3) is 4.34. The zero-order chi connectivity index (χ0) is 21.1. The van der Waals surface area contributed by atoms with Gasteiger partial charge in [-0.25, -0.2) is 14.6 Å². The van der Waals surface area contributed by atoms with Gasteiger partial charge in [0, 0.05) is 6.61 Å². The molecule has 9 nitrogen and oxygen atoms in total. The smallest absolute Gasteiger partial charge is 0.344 e. The molecule has 2 aromatic heterocycles.